The Kier molecular flexibility index (Phi) is 4.23. The molecule has 1 saturated carbocycles. The molecular formula is C14H19ClN2O. The first-order valence-electron chi connectivity index (χ1n) is 6.50. The van der Waals surface area contributed by atoms with Gasteiger partial charge >= 0.3 is 0 Å². The van der Waals surface area contributed by atoms with Gasteiger partial charge in [-0.3, -0.25) is 4.79 Å². The van der Waals surface area contributed by atoms with Crippen LogP contribution in [-0.2, 0) is 6.42 Å². The van der Waals surface area contributed by atoms with E-state index < -0.39 is 0 Å². The smallest absolute Gasteiger partial charge is 0.254 e. The van der Waals surface area contributed by atoms with Gasteiger partial charge in [0, 0.05) is 12.2 Å². The first kappa shape index (κ1) is 13.3. The lowest BCUT2D eigenvalue weighted by molar-refractivity contribution is 0.0951. The Bertz CT molecular complexity index is 441. The molecule has 0 atom stereocenters. The van der Waals surface area contributed by atoms with Gasteiger partial charge in [-0.15, -0.1) is 0 Å². The van der Waals surface area contributed by atoms with Gasteiger partial charge in [0.05, 0.1) is 5.56 Å². The third-order valence-electron chi connectivity index (χ3n) is 3.02. The normalized spacial score (nSPS) is 14.9. The summed E-state index contributed by atoms with van der Waals surface area (Å²) in [7, 11) is 0. The van der Waals surface area contributed by atoms with Crippen LogP contribution in [0.3, 0.4) is 0 Å². The van der Waals surface area contributed by atoms with Gasteiger partial charge in [0.1, 0.15) is 5.15 Å². The largest absolute Gasteiger partial charge is 0.352 e. The summed E-state index contributed by atoms with van der Waals surface area (Å²) in [5, 5.41) is 3.21. The second kappa shape index (κ2) is 5.70. The third kappa shape index (κ3) is 3.70. The molecule has 1 aliphatic carbocycles. The molecule has 3 nitrogen and oxygen atoms in total. The highest BCUT2D eigenvalue weighted by Crippen LogP contribution is 2.27. The van der Waals surface area contributed by atoms with Gasteiger partial charge in [-0.1, -0.05) is 25.4 Å². The van der Waals surface area contributed by atoms with Crippen molar-refractivity contribution in [1.29, 1.82) is 0 Å². The molecule has 1 aromatic rings. The Morgan fingerprint density at radius 1 is 1.50 bits per heavy atom. The summed E-state index contributed by atoms with van der Waals surface area (Å²) >= 11 is 6.07. The van der Waals surface area contributed by atoms with Gasteiger partial charge in [0.2, 0.25) is 0 Å². The zero-order valence-corrected chi connectivity index (χ0v) is 11.6. The summed E-state index contributed by atoms with van der Waals surface area (Å²) in [6.45, 7) is 5.01. The zero-order valence-electron chi connectivity index (χ0n) is 10.9. The predicted octanol–water partition coefficient (Wildman–Crippen LogP) is 3.07. The summed E-state index contributed by atoms with van der Waals surface area (Å²) in [5.74, 6) is 1.08. The van der Waals surface area contributed by atoms with Crippen LogP contribution in [-0.4, -0.2) is 17.4 Å². The Balaban J connectivity index is 2.00. The maximum Gasteiger partial charge on any atom is 0.254 e. The number of amides is 1. The first-order chi connectivity index (χ1) is 8.56. The molecule has 1 aliphatic rings. The number of carbonyl (C=O) groups excluding carboxylic acids is 1. The van der Waals surface area contributed by atoms with Crippen LogP contribution >= 0.6 is 11.6 Å². The number of rotatable bonds is 5. The highest BCUT2D eigenvalue weighted by Gasteiger charge is 2.22. The predicted molar refractivity (Wildman–Crippen MR) is 72.8 cm³/mol. The van der Waals surface area contributed by atoms with Gasteiger partial charge < -0.3 is 5.32 Å². The molecule has 2 rings (SSSR count). The van der Waals surface area contributed by atoms with Crippen LogP contribution in [0.25, 0.3) is 0 Å². The molecular weight excluding hydrogens is 248 g/mol. The third-order valence-corrected chi connectivity index (χ3v) is 3.30. The van der Waals surface area contributed by atoms with Crippen LogP contribution in [0.4, 0.5) is 0 Å². The van der Waals surface area contributed by atoms with Gasteiger partial charge in [0.25, 0.3) is 5.91 Å². The maximum absolute atomic E-state index is 11.9. The second-order valence-corrected chi connectivity index (χ2v) is 5.75. The van der Waals surface area contributed by atoms with E-state index >= 15 is 0 Å². The molecule has 1 fully saturated rings. The van der Waals surface area contributed by atoms with Crippen LogP contribution in [0.5, 0.6) is 0 Å². The van der Waals surface area contributed by atoms with Crippen molar-refractivity contribution in [3.8, 4) is 0 Å². The number of halogens is 1. The van der Waals surface area contributed by atoms with E-state index in [1.807, 2.05) is 6.07 Å². The number of hydrogen-bond donors (Lipinski definition) is 1. The number of carbonyl (C=O) groups is 1. The average Bonchev–Trinajstić information content (AvgIpc) is 3.09. The molecule has 1 amide bonds. The molecule has 1 aromatic heterocycles. The molecule has 0 aliphatic heterocycles. The van der Waals surface area contributed by atoms with Crippen molar-refractivity contribution in [1.82, 2.24) is 10.3 Å². The number of nitrogens with one attached hydrogen (secondary N) is 1. The van der Waals surface area contributed by atoms with Gasteiger partial charge in [-0.2, -0.15) is 0 Å². The monoisotopic (exact) mass is 266 g/mol. The summed E-state index contributed by atoms with van der Waals surface area (Å²) in [6, 6.07) is 3.66. The topological polar surface area (TPSA) is 42.0 Å². The van der Waals surface area contributed by atoms with E-state index in [0.717, 1.165) is 18.7 Å². The molecule has 0 radical (unpaired) electrons. The summed E-state index contributed by atoms with van der Waals surface area (Å²) in [6.07, 6.45) is 3.32. The Morgan fingerprint density at radius 2 is 2.22 bits per heavy atom. The van der Waals surface area contributed by atoms with Gasteiger partial charge in [-0.05, 0) is 43.2 Å². The van der Waals surface area contributed by atoms with E-state index in [9.17, 15) is 4.79 Å². The Morgan fingerprint density at radius 3 is 2.78 bits per heavy atom. The lowest BCUT2D eigenvalue weighted by atomic mass is 10.1. The minimum absolute atomic E-state index is 0.115. The fourth-order valence-electron chi connectivity index (χ4n) is 1.83. The minimum atomic E-state index is -0.115. The highest BCUT2D eigenvalue weighted by atomic mass is 35.5. The van der Waals surface area contributed by atoms with E-state index in [1.54, 1.807) is 6.07 Å². The number of hydrogen-bond acceptors (Lipinski definition) is 2. The van der Waals surface area contributed by atoms with E-state index in [4.69, 9.17) is 11.6 Å². The quantitative estimate of drug-likeness (QED) is 0.833. The molecule has 18 heavy (non-hydrogen) atoms. The van der Waals surface area contributed by atoms with Crippen molar-refractivity contribution in [2.45, 2.75) is 33.1 Å². The average molecular weight is 267 g/mol. The lowest BCUT2D eigenvalue weighted by Gasteiger charge is -2.08. The fourth-order valence-corrected chi connectivity index (χ4v) is 2.08. The standard InChI is InChI=1S/C14H19ClN2O/c1-9(2)7-11-5-6-12(13(15)17-11)14(18)16-8-10-3-4-10/h5-6,9-10H,3-4,7-8H2,1-2H3,(H,16,18). The first-order valence-corrected chi connectivity index (χ1v) is 6.87. The minimum Gasteiger partial charge on any atom is -0.352 e. The van der Waals surface area contributed by atoms with Crippen molar-refractivity contribution >= 4 is 17.5 Å². The molecule has 1 heterocycles. The molecule has 0 saturated heterocycles. The number of nitrogens with zero attached hydrogens (tertiary/aromatic N) is 1. The molecule has 4 heteroatoms. The van der Waals surface area contributed by atoms with Crippen LogP contribution in [0, 0.1) is 11.8 Å². The molecule has 0 spiro atoms. The Hall–Kier alpha value is -1.09. The fraction of sp³-hybridized carbons (Fsp3) is 0.571. The van der Waals surface area contributed by atoms with Crippen LogP contribution < -0.4 is 5.32 Å². The van der Waals surface area contributed by atoms with Gasteiger partial charge in [0.15, 0.2) is 0 Å². The molecule has 98 valence electrons. The summed E-state index contributed by atoms with van der Waals surface area (Å²) in [5.41, 5.74) is 1.42. The lowest BCUT2D eigenvalue weighted by Crippen LogP contribution is -2.26. The van der Waals surface area contributed by atoms with E-state index in [1.165, 1.54) is 12.8 Å². The van der Waals surface area contributed by atoms with E-state index in [2.05, 4.69) is 24.1 Å². The van der Waals surface area contributed by atoms with Crippen molar-refractivity contribution in [2.75, 3.05) is 6.54 Å². The van der Waals surface area contributed by atoms with Crippen LogP contribution in [0.2, 0.25) is 5.15 Å². The number of aromatic nitrogens is 1. The maximum atomic E-state index is 11.9. The molecule has 1 N–H and O–H groups in total. The van der Waals surface area contributed by atoms with Crippen molar-refractivity contribution < 1.29 is 4.79 Å². The SMILES string of the molecule is CC(C)Cc1ccc(C(=O)NCC2CC2)c(Cl)n1. The number of pyridine rings is 1. The molecule has 0 aromatic carbocycles. The van der Waals surface area contributed by atoms with E-state index in [0.29, 0.717) is 22.6 Å². The van der Waals surface area contributed by atoms with E-state index in [-0.39, 0.29) is 5.91 Å². The van der Waals surface area contributed by atoms with Crippen molar-refractivity contribution in [3.63, 3.8) is 0 Å². The van der Waals surface area contributed by atoms with Crippen LogP contribution in [0.15, 0.2) is 12.1 Å². The summed E-state index contributed by atoms with van der Waals surface area (Å²) < 4.78 is 0. The highest BCUT2D eigenvalue weighted by molar-refractivity contribution is 6.32. The van der Waals surface area contributed by atoms with Crippen LogP contribution in [0.1, 0.15) is 42.7 Å². The molecule has 0 unspecified atom stereocenters. The second-order valence-electron chi connectivity index (χ2n) is 5.39. The molecule has 0 bridgehead atoms. The van der Waals surface area contributed by atoms with Gasteiger partial charge in [-0.25, -0.2) is 4.98 Å². The van der Waals surface area contributed by atoms with Crippen molar-refractivity contribution in [3.05, 3.63) is 28.5 Å². The summed E-state index contributed by atoms with van der Waals surface area (Å²) in [4.78, 5) is 16.2. The Labute approximate surface area is 113 Å². The van der Waals surface area contributed by atoms with Crippen molar-refractivity contribution in [2.24, 2.45) is 11.8 Å². The zero-order chi connectivity index (χ0) is 13.1.